The molecule has 0 aliphatic rings. The molecule has 1 rings (SSSR count). The van der Waals surface area contributed by atoms with E-state index in [1.165, 1.54) is 12.1 Å². The minimum atomic E-state index is -1.80. The maximum Gasteiger partial charge on any atom is 0.318 e. The van der Waals surface area contributed by atoms with Crippen molar-refractivity contribution in [1.82, 2.24) is 0 Å². The zero-order valence-electron chi connectivity index (χ0n) is 10.1. The Bertz CT molecular complexity index is 485. The van der Waals surface area contributed by atoms with E-state index in [1.807, 2.05) is 0 Å². The quantitative estimate of drug-likeness (QED) is 0.402. The van der Waals surface area contributed by atoms with Crippen molar-refractivity contribution >= 4 is 30.4 Å². The van der Waals surface area contributed by atoms with Crippen molar-refractivity contribution < 1.29 is 24.6 Å². The molecule has 5 nitrogen and oxygen atoms in total. The minimum absolute atomic E-state index is 0.240. The lowest BCUT2D eigenvalue weighted by Gasteiger charge is -2.25. The SMILES string of the molecule is O=C(O)CC[C@@](CS)(C(=O)O)C(=O)c1ccccc1. The Kier molecular flexibility index (Phi) is 5.11. The summed E-state index contributed by atoms with van der Waals surface area (Å²) in [6, 6.07) is 7.96. The average Bonchev–Trinajstić information content (AvgIpc) is 2.40. The second-order valence-corrected chi connectivity index (χ2v) is 4.45. The van der Waals surface area contributed by atoms with Crippen LogP contribution in [0.3, 0.4) is 0 Å². The van der Waals surface area contributed by atoms with Gasteiger partial charge in [0.05, 0.1) is 0 Å². The second kappa shape index (κ2) is 6.38. The van der Waals surface area contributed by atoms with Gasteiger partial charge in [-0.25, -0.2) is 0 Å². The summed E-state index contributed by atoms with van der Waals surface area (Å²) in [7, 11) is 0. The number of benzene rings is 1. The van der Waals surface area contributed by atoms with Gasteiger partial charge in [0.2, 0.25) is 0 Å². The second-order valence-electron chi connectivity index (χ2n) is 4.13. The van der Waals surface area contributed by atoms with Gasteiger partial charge in [-0.1, -0.05) is 30.3 Å². The molecule has 0 bridgehead atoms. The Morgan fingerprint density at radius 3 is 2.11 bits per heavy atom. The molecular formula is C13H14O5S. The van der Waals surface area contributed by atoms with E-state index >= 15 is 0 Å². The molecule has 1 aromatic rings. The maximum absolute atomic E-state index is 12.3. The fourth-order valence-electron chi connectivity index (χ4n) is 1.72. The van der Waals surface area contributed by atoms with Gasteiger partial charge >= 0.3 is 11.9 Å². The molecule has 102 valence electrons. The summed E-state index contributed by atoms with van der Waals surface area (Å²) < 4.78 is 0. The summed E-state index contributed by atoms with van der Waals surface area (Å²) in [6.45, 7) is 0. The third-order valence-electron chi connectivity index (χ3n) is 2.92. The van der Waals surface area contributed by atoms with E-state index in [9.17, 15) is 19.5 Å². The number of carbonyl (C=O) groups is 3. The van der Waals surface area contributed by atoms with Crippen molar-refractivity contribution in [2.24, 2.45) is 5.41 Å². The number of carboxylic acid groups (broad SMARTS) is 2. The standard InChI is InChI=1S/C13H14O5S/c14-10(15)6-7-13(8-19,12(17)18)11(16)9-4-2-1-3-5-9/h1-5,19H,6-8H2,(H,14,15)(H,17,18)/t13-/m0/s1. The number of carbonyl (C=O) groups excluding carboxylic acids is 1. The summed E-state index contributed by atoms with van der Waals surface area (Å²) >= 11 is 3.94. The number of rotatable bonds is 7. The van der Waals surface area contributed by atoms with Gasteiger partial charge in [-0.15, -0.1) is 0 Å². The van der Waals surface area contributed by atoms with Crippen LogP contribution in [-0.2, 0) is 9.59 Å². The van der Waals surface area contributed by atoms with Crippen LogP contribution in [0.1, 0.15) is 23.2 Å². The molecule has 0 saturated carbocycles. The fraction of sp³-hybridized carbons (Fsp3) is 0.308. The minimum Gasteiger partial charge on any atom is -0.481 e. The highest BCUT2D eigenvalue weighted by molar-refractivity contribution is 7.80. The van der Waals surface area contributed by atoms with E-state index in [4.69, 9.17) is 5.11 Å². The molecule has 1 aromatic carbocycles. The van der Waals surface area contributed by atoms with E-state index in [0.29, 0.717) is 0 Å². The molecule has 0 aliphatic carbocycles. The molecule has 19 heavy (non-hydrogen) atoms. The first-order valence-electron chi connectivity index (χ1n) is 5.60. The maximum atomic E-state index is 12.3. The Morgan fingerprint density at radius 2 is 1.68 bits per heavy atom. The first kappa shape index (κ1) is 15.2. The summed E-state index contributed by atoms with van der Waals surface area (Å²) in [4.78, 5) is 34.4. The predicted molar refractivity (Wildman–Crippen MR) is 71.6 cm³/mol. The Morgan fingerprint density at radius 1 is 1.11 bits per heavy atom. The van der Waals surface area contributed by atoms with E-state index in [2.05, 4.69) is 12.6 Å². The third kappa shape index (κ3) is 3.35. The van der Waals surface area contributed by atoms with Crippen LogP contribution in [0.4, 0.5) is 0 Å². The molecule has 6 heteroatoms. The Labute approximate surface area is 115 Å². The van der Waals surface area contributed by atoms with E-state index in [1.54, 1.807) is 18.2 Å². The lowest BCUT2D eigenvalue weighted by Crippen LogP contribution is -2.41. The highest BCUT2D eigenvalue weighted by Gasteiger charge is 2.45. The first-order chi connectivity index (χ1) is 8.94. The van der Waals surface area contributed by atoms with Crippen LogP contribution in [0.15, 0.2) is 30.3 Å². The van der Waals surface area contributed by atoms with Crippen LogP contribution in [-0.4, -0.2) is 33.7 Å². The van der Waals surface area contributed by atoms with Crippen LogP contribution in [0.2, 0.25) is 0 Å². The molecule has 0 heterocycles. The monoisotopic (exact) mass is 282 g/mol. The van der Waals surface area contributed by atoms with Gasteiger partial charge in [0.1, 0.15) is 5.41 Å². The van der Waals surface area contributed by atoms with Crippen molar-refractivity contribution in [1.29, 1.82) is 0 Å². The molecule has 0 unspecified atom stereocenters. The first-order valence-corrected chi connectivity index (χ1v) is 6.23. The molecular weight excluding hydrogens is 268 g/mol. The van der Waals surface area contributed by atoms with Crippen LogP contribution in [0, 0.1) is 5.41 Å². The van der Waals surface area contributed by atoms with E-state index < -0.39 is 29.6 Å². The van der Waals surface area contributed by atoms with Gasteiger partial charge in [-0.3, -0.25) is 14.4 Å². The van der Waals surface area contributed by atoms with E-state index in [0.717, 1.165) is 0 Å². The number of hydrogen-bond acceptors (Lipinski definition) is 4. The lowest BCUT2D eigenvalue weighted by atomic mass is 9.78. The van der Waals surface area contributed by atoms with Gasteiger partial charge in [0, 0.05) is 17.7 Å². The Balaban J connectivity index is 3.12. The topological polar surface area (TPSA) is 91.7 Å². The highest BCUT2D eigenvalue weighted by atomic mass is 32.1. The van der Waals surface area contributed by atoms with Gasteiger partial charge in [0.25, 0.3) is 0 Å². The normalized spacial score (nSPS) is 13.5. The Hall–Kier alpha value is -1.82. The number of ketones is 1. The van der Waals surface area contributed by atoms with Crippen molar-refractivity contribution in [3.63, 3.8) is 0 Å². The van der Waals surface area contributed by atoms with Crippen molar-refractivity contribution in [2.75, 3.05) is 5.75 Å². The van der Waals surface area contributed by atoms with E-state index in [-0.39, 0.29) is 17.7 Å². The molecule has 0 fully saturated rings. The molecule has 0 saturated heterocycles. The van der Waals surface area contributed by atoms with Gasteiger partial charge in [-0.05, 0) is 6.42 Å². The molecule has 2 N–H and O–H groups in total. The smallest absolute Gasteiger partial charge is 0.318 e. The van der Waals surface area contributed by atoms with Gasteiger partial charge in [0.15, 0.2) is 5.78 Å². The van der Waals surface area contributed by atoms with Crippen LogP contribution < -0.4 is 0 Å². The van der Waals surface area contributed by atoms with Crippen molar-refractivity contribution in [3.8, 4) is 0 Å². The number of hydrogen-bond donors (Lipinski definition) is 3. The molecule has 0 aromatic heterocycles. The van der Waals surface area contributed by atoms with Gasteiger partial charge in [-0.2, -0.15) is 12.6 Å². The zero-order valence-corrected chi connectivity index (χ0v) is 11.0. The summed E-state index contributed by atoms with van der Waals surface area (Å²) in [6.07, 6.45) is -0.680. The molecule has 0 spiro atoms. The molecule has 1 atom stereocenters. The number of thiol groups is 1. The summed E-state index contributed by atoms with van der Waals surface area (Å²) in [5.41, 5.74) is -1.56. The number of aliphatic carboxylic acids is 2. The zero-order chi connectivity index (χ0) is 14.5. The fourth-order valence-corrected chi connectivity index (χ4v) is 2.16. The molecule has 0 aliphatic heterocycles. The number of Topliss-reactive ketones (excluding diaryl/α,β-unsaturated/α-hetero) is 1. The predicted octanol–water partition coefficient (Wildman–Crippen LogP) is 1.73. The van der Waals surface area contributed by atoms with Crippen LogP contribution >= 0.6 is 12.6 Å². The molecule has 0 amide bonds. The van der Waals surface area contributed by atoms with Crippen LogP contribution in [0.5, 0.6) is 0 Å². The largest absolute Gasteiger partial charge is 0.481 e. The summed E-state index contributed by atoms with van der Waals surface area (Å²) in [5, 5.41) is 18.0. The molecule has 0 radical (unpaired) electrons. The highest BCUT2D eigenvalue weighted by Crippen LogP contribution is 2.31. The lowest BCUT2D eigenvalue weighted by molar-refractivity contribution is -0.145. The van der Waals surface area contributed by atoms with Crippen molar-refractivity contribution in [3.05, 3.63) is 35.9 Å². The number of carboxylic acids is 2. The van der Waals surface area contributed by atoms with Crippen LogP contribution in [0.25, 0.3) is 0 Å². The van der Waals surface area contributed by atoms with Crippen molar-refractivity contribution in [2.45, 2.75) is 12.8 Å². The third-order valence-corrected chi connectivity index (χ3v) is 3.46. The average molecular weight is 282 g/mol. The van der Waals surface area contributed by atoms with Gasteiger partial charge < -0.3 is 10.2 Å². The summed E-state index contributed by atoms with van der Waals surface area (Å²) in [5.74, 6) is -3.36.